The lowest BCUT2D eigenvalue weighted by Gasteiger charge is -2.08. The molecule has 0 aliphatic carbocycles. The van der Waals surface area contributed by atoms with Crippen molar-refractivity contribution in [1.82, 2.24) is 5.43 Å². The van der Waals surface area contributed by atoms with Gasteiger partial charge in [0.15, 0.2) is 6.61 Å². The third-order valence-corrected chi connectivity index (χ3v) is 3.79. The molecule has 0 saturated carbocycles. The molecule has 126 valence electrons. The van der Waals surface area contributed by atoms with Gasteiger partial charge in [-0.25, -0.2) is 5.43 Å². The quantitative estimate of drug-likeness (QED) is 0.427. The first-order valence-electron chi connectivity index (χ1n) is 7.93. The molecule has 5 nitrogen and oxygen atoms in total. The summed E-state index contributed by atoms with van der Waals surface area (Å²) in [5.41, 5.74) is 10.4. The predicted octanol–water partition coefficient (Wildman–Crippen LogP) is 3.34. The minimum absolute atomic E-state index is 0.105. The molecular weight excluding hydrogens is 314 g/mol. The van der Waals surface area contributed by atoms with Gasteiger partial charge in [0, 0.05) is 11.1 Å². The van der Waals surface area contributed by atoms with Crippen molar-refractivity contribution in [2.24, 2.45) is 5.10 Å². The van der Waals surface area contributed by atoms with Gasteiger partial charge in [-0.05, 0) is 36.1 Å². The van der Waals surface area contributed by atoms with E-state index < -0.39 is 0 Å². The minimum atomic E-state index is -0.317. The maximum atomic E-state index is 12.0. The number of anilines is 1. The lowest BCUT2D eigenvalue weighted by molar-refractivity contribution is -0.123. The largest absolute Gasteiger partial charge is 0.483 e. The Morgan fingerprint density at radius 3 is 2.56 bits per heavy atom. The average Bonchev–Trinajstić information content (AvgIpc) is 2.65. The van der Waals surface area contributed by atoms with E-state index in [0.29, 0.717) is 17.1 Å². The zero-order valence-corrected chi connectivity index (χ0v) is 13.9. The highest BCUT2D eigenvalue weighted by Crippen LogP contribution is 2.24. The second kappa shape index (κ2) is 7.49. The topological polar surface area (TPSA) is 76.7 Å². The summed E-state index contributed by atoms with van der Waals surface area (Å²) in [7, 11) is 0. The van der Waals surface area contributed by atoms with Crippen LogP contribution in [-0.2, 0) is 4.79 Å². The van der Waals surface area contributed by atoms with Crippen molar-refractivity contribution in [2.45, 2.75) is 6.92 Å². The second-order valence-corrected chi connectivity index (χ2v) is 5.62. The summed E-state index contributed by atoms with van der Waals surface area (Å²) >= 11 is 0. The summed E-state index contributed by atoms with van der Waals surface area (Å²) in [5.74, 6) is 0.357. The summed E-state index contributed by atoms with van der Waals surface area (Å²) in [6.45, 7) is 1.71. The van der Waals surface area contributed by atoms with Crippen LogP contribution < -0.4 is 15.9 Å². The Labute approximate surface area is 146 Å². The number of carbonyl (C=O) groups excluding carboxylic acids is 1. The number of amides is 1. The van der Waals surface area contributed by atoms with Crippen LogP contribution in [0.25, 0.3) is 10.8 Å². The molecule has 0 heterocycles. The van der Waals surface area contributed by atoms with E-state index in [2.05, 4.69) is 10.5 Å². The monoisotopic (exact) mass is 333 g/mol. The Morgan fingerprint density at radius 2 is 1.76 bits per heavy atom. The molecule has 0 aliphatic heterocycles. The number of nitrogens with two attached hydrogens (primary N) is 1. The van der Waals surface area contributed by atoms with Gasteiger partial charge in [0.05, 0.1) is 5.71 Å². The predicted molar refractivity (Wildman–Crippen MR) is 101 cm³/mol. The van der Waals surface area contributed by atoms with E-state index in [1.807, 2.05) is 61.5 Å². The Kier molecular flexibility index (Phi) is 4.95. The van der Waals surface area contributed by atoms with Gasteiger partial charge < -0.3 is 10.5 Å². The number of fused-ring (bicyclic) bond motifs is 1. The van der Waals surface area contributed by atoms with Crippen molar-refractivity contribution in [3.05, 3.63) is 72.3 Å². The number of nitrogens with zero attached hydrogens (tertiary/aromatic N) is 1. The lowest BCUT2D eigenvalue weighted by Crippen LogP contribution is -2.25. The van der Waals surface area contributed by atoms with Crippen molar-refractivity contribution in [3.63, 3.8) is 0 Å². The number of carbonyl (C=O) groups is 1. The molecule has 0 aliphatic rings. The minimum Gasteiger partial charge on any atom is -0.483 e. The number of rotatable bonds is 5. The van der Waals surface area contributed by atoms with Gasteiger partial charge in [0.1, 0.15) is 5.75 Å². The van der Waals surface area contributed by atoms with Gasteiger partial charge in [0.2, 0.25) is 0 Å². The SMILES string of the molecule is C/C(=N\NC(=O)COc1cccc2ccccc12)c1ccc(N)cc1. The third-order valence-electron chi connectivity index (χ3n) is 3.79. The summed E-state index contributed by atoms with van der Waals surface area (Å²) in [5, 5.41) is 6.13. The molecular formula is C20H19N3O2. The van der Waals surface area contributed by atoms with Crippen molar-refractivity contribution in [1.29, 1.82) is 0 Å². The van der Waals surface area contributed by atoms with Gasteiger partial charge >= 0.3 is 0 Å². The molecule has 25 heavy (non-hydrogen) atoms. The number of ether oxygens (including phenoxy) is 1. The number of hydrogen-bond donors (Lipinski definition) is 2. The number of nitrogens with one attached hydrogen (secondary N) is 1. The molecule has 1 amide bonds. The Bertz CT molecular complexity index is 912. The van der Waals surface area contributed by atoms with E-state index in [9.17, 15) is 4.79 Å². The van der Waals surface area contributed by atoms with Crippen LogP contribution >= 0.6 is 0 Å². The maximum Gasteiger partial charge on any atom is 0.277 e. The molecule has 0 unspecified atom stereocenters. The van der Waals surface area contributed by atoms with Crippen LogP contribution in [-0.4, -0.2) is 18.2 Å². The smallest absolute Gasteiger partial charge is 0.277 e. The molecule has 0 bridgehead atoms. The highest BCUT2D eigenvalue weighted by molar-refractivity contribution is 5.99. The standard InChI is InChI=1S/C20H19N3O2/c1-14(15-9-11-17(21)12-10-15)22-23-20(24)13-25-19-8-4-6-16-5-2-3-7-18(16)19/h2-12H,13,21H2,1H3,(H,23,24)/b22-14+. The van der Waals surface area contributed by atoms with Gasteiger partial charge in [0.25, 0.3) is 5.91 Å². The molecule has 0 aromatic heterocycles. The molecule has 0 spiro atoms. The number of nitrogen functional groups attached to an aromatic ring is 1. The molecule has 5 heteroatoms. The fourth-order valence-corrected chi connectivity index (χ4v) is 2.43. The fraction of sp³-hybridized carbons (Fsp3) is 0.100. The van der Waals surface area contributed by atoms with E-state index in [1.165, 1.54) is 0 Å². The van der Waals surface area contributed by atoms with Crippen molar-refractivity contribution in [2.75, 3.05) is 12.3 Å². The van der Waals surface area contributed by atoms with Gasteiger partial charge in [-0.3, -0.25) is 4.79 Å². The van der Waals surface area contributed by atoms with Crippen molar-refractivity contribution < 1.29 is 9.53 Å². The third kappa shape index (κ3) is 4.14. The molecule has 0 saturated heterocycles. The van der Waals surface area contributed by atoms with Crippen LogP contribution in [0.4, 0.5) is 5.69 Å². The van der Waals surface area contributed by atoms with E-state index in [1.54, 1.807) is 12.1 Å². The van der Waals surface area contributed by atoms with Crippen molar-refractivity contribution >= 4 is 28.1 Å². The summed E-state index contributed by atoms with van der Waals surface area (Å²) < 4.78 is 5.64. The first-order chi connectivity index (χ1) is 12.1. The van der Waals surface area contributed by atoms with Gasteiger partial charge in [-0.2, -0.15) is 5.10 Å². The molecule has 3 aromatic carbocycles. The van der Waals surface area contributed by atoms with E-state index >= 15 is 0 Å². The Hall–Kier alpha value is -3.34. The van der Waals surface area contributed by atoms with E-state index in [0.717, 1.165) is 16.3 Å². The lowest BCUT2D eigenvalue weighted by atomic mass is 10.1. The van der Waals surface area contributed by atoms with Gasteiger partial charge in [-0.1, -0.05) is 48.5 Å². The highest BCUT2D eigenvalue weighted by Gasteiger charge is 2.05. The van der Waals surface area contributed by atoms with Crippen LogP contribution in [0.5, 0.6) is 5.75 Å². The van der Waals surface area contributed by atoms with Gasteiger partial charge in [-0.15, -0.1) is 0 Å². The Morgan fingerprint density at radius 1 is 1.04 bits per heavy atom. The van der Waals surface area contributed by atoms with Crippen LogP contribution in [0.15, 0.2) is 71.8 Å². The summed E-state index contributed by atoms with van der Waals surface area (Å²) in [6.07, 6.45) is 0. The zero-order valence-electron chi connectivity index (χ0n) is 13.9. The van der Waals surface area contributed by atoms with Crippen molar-refractivity contribution in [3.8, 4) is 5.75 Å². The number of hydrogen-bond acceptors (Lipinski definition) is 4. The molecule has 0 radical (unpaired) electrons. The fourth-order valence-electron chi connectivity index (χ4n) is 2.43. The van der Waals surface area contributed by atoms with E-state index in [4.69, 9.17) is 10.5 Å². The van der Waals surface area contributed by atoms with Crippen LogP contribution in [0.1, 0.15) is 12.5 Å². The first kappa shape index (κ1) is 16.5. The molecule has 3 aromatic rings. The Balaban J connectivity index is 1.61. The first-order valence-corrected chi connectivity index (χ1v) is 7.93. The zero-order chi connectivity index (χ0) is 17.6. The maximum absolute atomic E-state index is 12.0. The van der Waals surface area contributed by atoms with Crippen LogP contribution in [0.2, 0.25) is 0 Å². The average molecular weight is 333 g/mol. The molecule has 3 N–H and O–H groups in total. The second-order valence-electron chi connectivity index (χ2n) is 5.62. The summed E-state index contributed by atoms with van der Waals surface area (Å²) in [4.78, 5) is 12.0. The number of benzene rings is 3. The van der Waals surface area contributed by atoms with Crippen LogP contribution in [0, 0.1) is 0 Å². The highest BCUT2D eigenvalue weighted by atomic mass is 16.5. The van der Waals surface area contributed by atoms with Crippen LogP contribution in [0.3, 0.4) is 0 Å². The molecule has 0 fully saturated rings. The normalized spacial score (nSPS) is 11.3. The number of hydrazone groups is 1. The molecule has 3 rings (SSSR count). The summed E-state index contributed by atoms with van der Waals surface area (Å²) in [6, 6.07) is 20.9. The van der Waals surface area contributed by atoms with E-state index in [-0.39, 0.29) is 12.5 Å². The molecule has 0 atom stereocenters.